The summed E-state index contributed by atoms with van der Waals surface area (Å²) in [5, 5.41) is 5.11. The second-order valence-electron chi connectivity index (χ2n) is 5.18. The summed E-state index contributed by atoms with van der Waals surface area (Å²) >= 11 is 1.35. The Hall–Kier alpha value is -3.06. The molecule has 0 aliphatic rings. The van der Waals surface area contributed by atoms with Gasteiger partial charge in [-0.1, -0.05) is 18.2 Å². The number of carbonyl (C=O) groups excluding carboxylic acids is 1. The molecule has 0 atom stereocenters. The standard InChI is InChI=1S/C18H17N3O3S/c1-23-14-6-3-7-15(9-14)24-10-17(22)21-18-20-16(11-25-18)12-4-2-5-13(19)8-12/h2-9,11H,10,19H2,1H3,(H,20,21,22). The van der Waals surface area contributed by atoms with Gasteiger partial charge in [0.1, 0.15) is 11.5 Å². The molecule has 1 amide bonds. The highest BCUT2D eigenvalue weighted by molar-refractivity contribution is 7.14. The number of anilines is 2. The van der Waals surface area contributed by atoms with Gasteiger partial charge in [-0.05, 0) is 24.3 Å². The molecule has 0 unspecified atom stereocenters. The molecule has 3 aromatic rings. The Morgan fingerprint density at radius 3 is 2.80 bits per heavy atom. The molecule has 3 N–H and O–H groups in total. The minimum absolute atomic E-state index is 0.111. The van der Waals surface area contributed by atoms with E-state index in [1.807, 2.05) is 29.6 Å². The molecule has 128 valence electrons. The summed E-state index contributed by atoms with van der Waals surface area (Å²) in [7, 11) is 1.58. The predicted octanol–water partition coefficient (Wildman–Crippen LogP) is 3.42. The summed E-state index contributed by atoms with van der Waals surface area (Å²) in [6, 6.07) is 14.5. The number of hydrogen-bond donors (Lipinski definition) is 2. The second-order valence-corrected chi connectivity index (χ2v) is 6.04. The van der Waals surface area contributed by atoms with Crippen molar-refractivity contribution < 1.29 is 14.3 Å². The molecular weight excluding hydrogens is 338 g/mol. The van der Waals surface area contributed by atoms with E-state index >= 15 is 0 Å². The minimum Gasteiger partial charge on any atom is -0.497 e. The number of rotatable bonds is 6. The van der Waals surface area contributed by atoms with E-state index < -0.39 is 0 Å². The summed E-state index contributed by atoms with van der Waals surface area (Å²) in [5.74, 6) is 0.954. The Labute approximate surface area is 149 Å². The first-order chi connectivity index (χ1) is 12.1. The van der Waals surface area contributed by atoms with Gasteiger partial charge in [0, 0.05) is 22.7 Å². The third-order valence-corrected chi connectivity index (χ3v) is 4.10. The molecule has 0 saturated carbocycles. The maximum absolute atomic E-state index is 12.0. The third-order valence-electron chi connectivity index (χ3n) is 3.34. The zero-order valence-electron chi connectivity index (χ0n) is 13.6. The largest absolute Gasteiger partial charge is 0.497 e. The quantitative estimate of drug-likeness (QED) is 0.662. The number of nitrogens with zero attached hydrogens (tertiary/aromatic N) is 1. The third kappa shape index (κ3) is 4.48. The number of amides is 1. The molecule has 0 spiro atoms. The number of benzene rings is 2. The van der Waals surface area contributed by atoms with Gasteiger partial charge >= 0.3 is 0 Å². The van der Waals surface area contributed by atoms with Crippen LogP contribution in [0.25, 0.3) is 11.3 Å². The molecular formula is C18H17N3O3S. The lowest BCUT2D eigenvalue weighted by Gasteiger charge is -2.07. The predicted molar refractivity (Wildman–Crippen MR) is 99.1 cm³/mol. The van der Waals surface area contributed by atoms with Crippen molar-refractivity contribution in [1.82, 2.24) is 4.98 Å². The van der Waals surface area contributed by atoms with Crippen LogP contribution in [0.2, 0.25) is 0 Å². The average molecular weight is 355 g/mol. The number of nitrogens with one attached hydrogen (secondary N) is 1. The number of nitrogens with two attached hydrogens (primary N) is 1. The molecule has 6 nitrogen and oxygen atoms in total. The topological polar surface area (TPSA) is 86.5 Å². The fraction of sp³-hybridized carbons (Fsp3) is 0.111. The molecule has 25 heavy (non-hydrogen) atoms. The van der Waals surface area contributed by atoms with E-state index in [-0.39, 0.29) is 12.5 Å². The van der Waals surface area contributed by atoms with Gasteiger partial charge in [0.15, 0.2) is 11.7 Å². The smallest absolute Gasteiger partial charge is 0.264 e. The monoisotopic (exact) mass is 355 g/mol. The number of thiazole rings is 1. The van der Waals surface area contributed by atoms with Crippen molar-refractivity contribution in [1.29, 1.82) is 0 Å². The first kappa shape index (κ1) is 16.8. The lowest BCUT2D eigenvalue weighted by atomic mass is 10.1. The number of methoxy groups -OCH3 is 1. The number of aromatic nitrogens is 1. The lowest BCUT2D eigenvalue weighted by molar-refractivity contribution is -0.118. The zero-order valence-corrected chi connectivity index (χ0v) is 14.4. The Balaban J connectivity index is 1.58. The summed E-state index contributed by atoms with van der Waals surface area (Å²) in [4.78, 5) is 16.4. The molecule has 3 rings (SSSR count). The zero-order chi connectivity index (χ0) is 17.6. The molecule has 0 bridgehead atoms. The second kappa shape index (κ2) is 7.67. The lowest BCUT2D eigenvalue weighted by Crippen LogP contribution is -2.20. The van der Waals surface area contributed by atoms with Crippen LogP contribution in [0.1, 0.15) is 0 Å². The van der Waals surface area contributed by atoms with Crippen LogP contribution in [0.5, 0.6) is 11.5 Å². The SMILES string of the molecule is COc1cccc(OCC(=O)Nc2nc(-c3cccc(N)c3)cs2)c1. The Bertz CT molecular complexity index is 879. The van der Waals surface area contributed by atoms with Crippen molar-refractivity contribution in [2.24, 2.45) is 0 Å². The van der Waals surface area contributed by atoms with E-state index in [1.165, 1.54) is 11.3 Å². The normalized spacial score (nSPS) is 10.3. The van der Waals surface area contributed by atoms with Gasteiger partial charge < -0.3 is 15.2 Å². The van der Waals surface area contributed by atoms with Crippen molar-refractivity contribution in [3.63, 3.8) is 0 Å². The summed E-state index contributed by atoms with van der Waals surface area (Å²) in [6.07, 6.45) is 0. The molecule has 0 aliphatic heterocycles. The van der Waals surface area contributed by atoms with E-state index in [0.29, 0.717) is 22.3 Å². The summed E-state index contributed by atoms with van der Waals surface area (Å²) in [6.45, 7) is -0.111. The van der Waals surface area contributed by atoms with Gasteiger partial charge in [0.25, 0.3) is 5.91 Å². The number of ether oxygens (including phenoxy) is 2. The van der Waals surface area contributed by atoms with Gasteiger partial charge in [-0.25, -0.2) is 4.98 Å². The van der Waals surface area contributed by atoms with E-state index in [0.717, 1.165) is 11.3 Å². The van der Waals surface area contributed by atoms with Crippen LogP contribution >= 0.6 is 11.3 Å². The van der Waals surface area contributed by atoms with Crippen LogP contribution in [-0.2, 0) is 4.79 Å². The van der Waals surface area contributed by atoms with E-state index in [9.17, 15) is 4.79 Å². The molecule has 0 saturated heterocycles. The number of carbonyl (C=O) groups is 1. The van der Waals surface area contributed by atoms with Crippen LogP contribution in [-0.4, -0.2) is 24.6 Å². The van der Waals surface area contributed by atoms with E-state index in [2.05, 4.69) is 10.3 Å². The molecule has 0 radical (unpaired) electrons. The van der Waals surface area contributed by atoms with Crippen LogP contribution in [0.3, 0.4) is 0 Å². The van der Waals surface area contributed by atoms with E-state index in [1.54, 1.807) is 31.4 Å². The average Bonchev–Trinajstić information content (AvgIpc) is 3.08. The minimum atomic E-state index is -0.281. The van der Waals surface area contributed by atoms with Gasteiger partial charge in [0.05, 0.1) is 12.8 Å². The van der Waals surface area contributed by atoms with Crippen molar-refractivity contribution in [2.45, 2.75) is 0 Å². The van der Waals surface area contributed by atoms with Gasteiger partial charge in [0.2, 0.25) is 0 Å². The Morgan fingerprint density at radius 1 is 1.20 bits per heavy atom. The Morgan fingerprint density at radius 2 is 2.00 bits per heavy atom. The molecule has 1 aromatic heterocycles. The van der Waals surface area contributed by atoms with Crippen LogP contribution in [0.4, 0.5) is 10.8 Å². The molecule has 7 heteroatoms. The maximum atomic E-state index is 12.0. The molecule has 1 heterocycles. The van der Waals surface area contributed by atoms with Gasteiger partial charge in [-0.2, -0.15) is 0 Å². The van der Waals surface area contributed by atoms with Crippen LogP contribution < -0.4 is 20.5 Å². The van der Waals surface area contributed by atoms with E-state index in [4.69, 9.17) is 15.2 Å². The molecule has 0 fully saturated rings. The summed E-state index contributed by atoms with van der Waals surface area (Å²) in [5.41, 5.74) is 8.12. The highest BCUT2D eigenvalue weighted by Gasteiger charge is 2.09. The Kier molecular flexibility index (Phi) is 5.15. The highest BCUT2D eigenvalue weighted by Crippen LogP contribution is 2.26. The van der Waals surface area contributed by atoms with Crippen molar-refractivity contribution in [3.05, 3.63) is 53.9 Å². The first-order valence-corrected chi connectivity index (χ1v) is 8.40. The van der Waals surface area contributed by atoms with Gasteiger partial charge in [-0.15, -0.1) is 11.3 Å². The fourth-order valence-electron chi connectivity index (χ4n) is 2.16. The van der Waals surface area contributed by atoms with Crippen molar-refractivity contribution >= 4 is 28.1 Å². The number of hydrogen-bond acceptors (Lipinski definition) is 6. The van der Waals surface area contributed by atoms with Crippen molar-refractivity contribution in [2.75, 3.05) is 24.8 Å². The van der Waals surface area contributed by atoms with Crippen LogP contribution in [0, 0.1) is 0 Å². The fourth-order valence-corrected chi connectivity index (χ4v) is 2.89. The molecule has 2 aromatic carbocycles. The van der Waals surface area contributed by atoms with Gasteiger partial charge in [-0.3, -0.25) is 10.1 Å². The summed E-state index contributed by atoms with van der Waals surface area (Å²) < 4.78 is 10.6. The molecule has 0 aliphatic carbocycles. The van der Waals surface area contributed by atoms with Crippen LogP contribution in [0.15, 0.2) is 53.9 Å². The first-order valence-electron chi connectivity index (χ1n) is 7.52. The number of nitrogen functional groups attached to an aromatic ring is 1. The van der Waals surface area contributed by atoms with Crippen molar-refractivity contribution in [3.8, 4) is 22.8 Å². The maximum Gasteiger partial charge on any atom is 0.264 e. The highest BCUT2D eigenvalue weighted by atomic mass is 32.1.